The average Bonchev–Trinajstić information content (AvgIpc) is 2.76. The molecule has 0 bridgehead atoms. The predicted molar refractivity (Wildman–Crippen MR) is 127 cm³/mol. The highest BCUT2D eigenvalue weighted by molar-refractivity contribution is 6.82. The molecule has 12 nitrogen and oxygen atoms in total. The molecule has 0 aromatic heterocycles. The maximum atomic E-state index is 12.2. The van der Waals surface area contributed by atoms with E-state index in [9.17, 15) is 19.2 Å². The summed E-state index contributed by atoms with van der Waals surface area (Å²) in [5, 5.41) is 0. The Bertz CT molecular complexity index is 799. The third-order valence-electron chi connectivity index (χ3n) is 3.66. The van der Waals surface area contributed by atoms with Gasteiger partial charge in [0.05, 0.1) is 0 Å². The summed E-state index contributed by atoms with van der Waals surface area (Å²) >= 11 is 0. The number of ether oxygens (including phenoxy) is 4. The highest BCUT2D eigenvalue weighted by atomic mass is 28.5. The third-order valence-corrected chi connectivity index (χ3v) is 14.6. The second-order valence-corrected chi connectivity index (χ2v) is 17.8. The molecule has 0 spiro atoms. The Morgan fingerprint density at radius 2 is 1.17 bits per heavy atom. The zero-order valence-electron chi connectivity index (χ0n) is 19.8. The standard InChI is InChI=1S/C19H27O12Si4/c1-9-14(20)24-18(33-30-34(5,6)28-32-29-35(7,8)31-33)13-19(25-15(21)10-2,26-16(22)11-3)27-17(23)12-4/h9-12,18H,1-4,13H2,5-8H3. The normalized spacial score (nSPS) is 18.4. The lowest BCUT2D eigenvalue weighted by Crippen LogP contribution is -2.60. The van der Waals surface area contributed by atoms with E-state index in [1.54, 1.807) is 26.2 Å². The van der Waals surface area contributed by atoms with Gasteiger partial charge in [0.25, 0.3) is 0 Å². The second-order valence-electron chi connectivity index (χ2n) is 7.50. The van der Waals surface area contributed by atoms with Crippen molar-refractivity contribution in [2.75, 3.05) is 0 Å². The van der Waals surface area contributed by atoms with Gasteiger partial charge in [-0.05, 0) is 26.2 Å². The molecule has 1 heterocycles. The van der Waals surface area contributed by atoms with Crippen molar-refractivity contribution in [2.24, 2.45) is 0 Å². The molecule has 0 saturated carbocycles. The van der Waals surface area contributed by atoms with Gasteiger partial charge >= 0.3 is 66.3 Å². The van der Waals surface area contributed by atoms with Gasteiger partial charge in [0, 0.05) is 24.3 Å². The highest BCUT2D eigenvalue weighted by Crippen LogP contribution is 2.30. The van der Waals surface area contributed by atoms with Crippen LogP contribution in [0.5, 0.6) is 0 Å². The van der Waals surface area contributed by atoms with Crippen LogP contribution >= 0.6 is 0 Å². The van der Waals surface area contributed by atoms with Gasteiger partial charge in [-0.25, -0.2) is 19.2 Å². The molecule has 0 aliphatic carbocycles. The van der Waals surface area contributed by atoms with E-state index in [0.29, 0.717) is 0 Å². The third kappa shape index (κ3) is 10.4. The minimum atomic E-state index is -2.87. The molecule has 3 radical (unpaired) electrons. The Hall–Kier alpha value is -2.45. The van der Waals surface area contributed by atoms with Gasteiger partial charge in [-0.3, -0.25) is 0 Å². The van der Waals surface area contributed by atoms with Crippen molar-refractivity contribution in [2.45, 2.75) is 44.3 Å². The van der Waals surface area contributed by atoms with Crippen LogP contribution < -0.4 is 0 Å². The average molecular weight is 560 g/mol. The topological polar surface area (TPSA) is 142 Å². The van der Waals surface area contributed by atoms with Gasteiger partial charge in [0.1, 0.15) is 6.42 Å². The van der Waals surface area contributed by atoms with Crippen molar-refractivity contribution < 1.29 is 54.6 Å². The van der Waals surface area contributed by atoms with E-state index in [4.69, 9.17) is 35.4 Å². The van der Waals surface area contributed by atoms with Gasteiger partial charge in [-0.1, -0.05) is 26.3 Å². The molecular weight excluding hydrogens is 533 g/mol. The SMILES string of the molecule is C=CC(=O)OC(CC(OC(=O)C=C)(OC(=O)C=C)OC(=O)C=C)[Si]1O[Si](C)(C)O[Si]O[Si](C)(C)O1. The number of esters is 4. The smallest absolute Gasteiger partial charge is 0.427 e. The molecule has 191 valence electrons. The summed E-state index contributed by atoms with van der Waals surface area (Å²) in [6.45, 7) is 20.0. The van der Waals surface area contributed by atoms with Crippen molar-refractivity contribution >= 4 is 60.3 Å². The Labute approximate surface area is 209 Å². The Morgan fingerprint density at radius 1 is 0.800 bits per heavy atom. The van der Waals surface area contributed by atoms with Crippen molar-refractivity contribution in [3.05, 3.63) is 50.6 Å². The number of carbonyl (C=O) groups excluding carboxylic acids is 4. The monoisotopic (exact) mass is 559 g/mol. The molecule has 1 atom stereocenters. The van der Waals surface area contributed by atoms with E-state index >= 15 is 0 Å². The van der Waals surface area contributed by atoms with Gasteiger partial charge < -0.3 is 35.4 Å². The second kappa shape index (κ2) is 13.0. The van der Waals surface area contributed by atoms with E-state index < -0.39 is 68.4 Å². The molecule has 1 unspecified atom stereocenters. The number of rotatable bonds is 11. The van der Waals surface area contributed by atoms with Gasteiger partial charge in [0.15, 0.2) is 5.73 Å². The quantitative estimate of drug-likeness (QED) is 0.156. The molecule has 0 N–H and O–H groups in total. The lowest BCUT2D eigenvalue weighted by Gasteiger charge is -2.39. The molecule has 16 heteroatoms. The first-order valence-electron chi connectivity index (χ1n) is 9.95. The maximum Gasteiger partial charge on any atom is 0.427 e. The van der Waals surface area contributed by atoms with Crippen LogP contribution in [0.4, 0.5) is 0 Å². The molecule has 1 aliphatic rings. The molecule has 1 rings (SSSR count). The summed E-state index contributed by atoms with van der Waals surface area (Å²) in [5.74, 6) is -7.01. The summed E-state index contributed by atoms with van der Waals surface area (Å²) in [6, 6.07) is 0. The van der Waals surface area contributed by atoms with E-state index in [0.717, 1.165) is 24.3 Å². The summed E-state index contributed by atoms with van der Waals surface area (Å²) < 4.78 is 44.6. The zero-order chi connectivity index (χ0) is 26.9. The van der Waals surface area contributed by atoms with Crippen molar-refractivity contribution in [1.29, 1.82) is 0 Å². The first kappa shape index (κ1) is 30.6. The first-order chi connectivity index (χ1) is 16.2. The number of hydrogen-bond acceptors (Lipinski definition) is 12. The fraction of sp³-hybridized carbons (Fsp3) is 0.368. The van der Waals surface area contributed by atoms with Crippen LogP contribution in [0.1, 0.15) is 6.42 Å². The summed E-state index contributed by atoms with van der Waals surface area (Å²) in [7, 11) is -8.76. The van der Waals surface area contributed by atoms with Crippen molar-refractivity contribution in [3.63, 3.8) is 0 Å². The van der Waals surface area contributed by atoms with Crippen molar-refractivity contribution in [3.8, 4) is 0 Å². The summed E-state index contributed by atoms with van der Waals surface area (Å²) in [5.41, 5.74) is -1.40. The predicted octanol–water partition coefficient (Wildman–Crippen LogP) is 1.36. The molecule has 1 saturated heterocycles. The van der Waals surface area contributed by atoms with Crippen LogP contribution in [0.3, 0.4) is 0 Å². The van der Waals surface area contributed by atoms with Crippen LogP contribution in [0.2, 0.25) is 26.2 Å². The molecule has 0 aromatic rings. The molecule has 0 amide bonds. The molecule has 1 fully saturated rings. The number of carbonyl (C=O) groups is 4. The maximum absolute atomic E-state index is 12.2. The Kier molecular flexibility index (Phi) is 11.4. The van der Waals surface area contributed by atoms with Crippen LogP contribution in [0, 0.1) is 0 Å². The van der Waals surface area contributed by atoms with E-state index in [2.05, 4.69) is 26.3 Å². The molecule has 35 heavy (non-hydrogen) atoms. The Balaban J connectivity index is 3.61. The summed E-state index contributed by atoms with van der Waals surface area (Å²) in [6.07, 6.45) is 2.37. The van der Waals surface area contributed by atoms with E-state index in [-0.39, 0.29) is 10.0 Å². The fourth-order valence-corrected chi connectivity index (χ4v) is 11.6. The molecule has 1 aliphatic heterocycles. The summed E-state index contributed by atoms with van der Waals surface area (Å²) in [4.78, 5) is 48.6. The van der Waals surface area contributed by atoms with E-state index in [1.165, 1.54) is 0 Å². The van der Waals surface area contributed by atoms with Crippen LogP contribution in [-0.2, 0) is 54.6 Å². The van der Waals surface area contributed by atoms with Gasteiger partial charge in [0.2, 0.25) is 0 Å². The lowest BCUT2D eigenvalue weighted by molar-refractivity contribution is -0.331. The van der Waals surface area contributed by atoms with Crippen LogP contribution in [0.15, 0.2) is 50.6 Å². The minimum Gasteiger partial charge on any atom is -0.457 e. The van der Waals surface area contributed by atoms with Crippen LogP contribution in [-0.4, -0.2) is 72.0 Å². The zero-order valence-corrected chi connectivity index (χ0v) is 23.8. The van der Waals surface area contributed by atoms with Crippen molar-refractivity contribution in [1.82, 2.24) is 0 Å². The highest BCUT2D eigenvalue weighted by Gasteiger charge is 2.53. The Morgan fingerprint density at radius 3 is 1.51 bits per heavy atom. The van der Waals surface area contributed by atoms with Gasteiger partial charge in [-0.2, -0.15) is 0 Å². The number of hydrogen-bond donors (Lipinski definition) is 0. The fourth-order valence-electron chi connectivity index (χ4n) is 2.26. The minimum absolute atomic E-state index is 0.324. The molecule has 0 aromatic carbocycles. The lowest BCUT2D eigenvalue weighted by atomic mass is 10.3. The van der Waals surface area contributed by atoms with Gasteiger partial charge in [-0.15, -0.1) is 0 Å². The van der Waals surface area contributed by atoms with Crippen LogP contribution in [0.25, 0.3) is 0 Å². The molecular formula is C19H27O12Si4. The largest absolute Gasteiger partial charge is 0.457 e. The first-order valence-corrected chi connectivity index (χ1v) is 17.8. The van der Waals surface area contributed by atoms with E-state index in [1.807, 2.05) is 0 Å².